The van der Waals surface area contributed by atoms with Crippen LogP contribution in [-0.2, 0) is 9.47 Å². The van der Waals surface area contributed by atoms with Crippen LogP contribution in [-0.4, -0.2) is 46.7 Å². The number of ether oxygens (including phenoxy) is 2. The van der Waals surface area contributed by atoms with E-state index in [1.807, 2.05) is 20.8 Å². The van der Waals surface area contributed by atoms with E-state index >= 15 is 0 Å². The molecule has 2 rings (SSSR count). The van der Waals surface area contributed by atoms with Crippen molar-refractivity contribution >= 4 is 6.09 Å². The monoisotopic (exact) mass is 271 g/mol. The number of hydrogen-bond donors (Lipinski definition) is 1. The van der Waals surface area contributed by atoms with Crippen LogP contribution in [0.3, 0.4) is 0 Å². The van der Waals surface area contributed by atoms with Crippen molar-refractivity contribution in [2.75, 3.05) is 13.1 Å². The van der Waals surface area contributed by atoms with Crippen molar-refractivity contribution in [2.45, 2.75) is 70.4 Å². The molecule has 1 N–H and O–H groups in total. The fraction of sp³-hybridized carbons (Fsp3) is 0.929. The van der Waals surface area contributed by atoms with E-state index in [2.05, 4.69) is 0 Å². The van der Waals surface area contributed by atoms with Crippen molar-refractivity contribution in [2.24, 2.45) is 0 Å². The molecule has 1 atom stereocenters. The van der Waals surface area contributed by atoms with Crippen LogP contribution >= 0.6 is 0 Å². The van der Waals surface area contributed by atoms with E-state index in [0.29, 0.717) is 13.1 Å². The number of nitrogens with zero attached hydrogens (tertiary/aromatic N) is 1. The van der Waals surface area contributed by atoms with Gasteiger partial charge in [-0.25, -0.2) is 4.79 Å². The van der Waals surface area contributed by atoms with Gasteiger partial charge in [0.1, 0.15) is 5.60 Å². The van der Waals surface area contributed by atoms with Gasteiger partial charge in [0.15, 0.2) is 6.29 Å². The van der Waals surface area contributed by atoms with Gasteiger partial charge in [-0.1, -0.05) is 0 Å². The van der Waals surface area contributed by atoms with Crippen molar-refractivity contribution in [3.63, 3.8) is 0 Å². The van der Waals surface area contributed by atoms with Crippen LogP contribution in [0.25, 0.3) is 0 Å². The molecule has 0 bridgehead atoms. The van der Waals surface area contributed by atoms with Crippen LogP contribution in [0.5, 0.6) is 0 Å². The Balaban J connectivity index is 1.87. The highest BCUT2D eigenvalue weighted by Gasteiger charge is 2.41. The zero-order valence-electron chi connectivity index (χ0n) is 12.1. The lowest BCUT2D eigenvalue weighted by Crippen LogP contribution is -2.51. The first kappa shape index (κ1) is 14.6. The first-order valence-corrected chi connectivity index (χ1v) is 7.14. The maximum Gasteiger partial charge on any atom is 0.410 e. The topological polar surface area (TPSA) is 59.0 Å². The maximum absolute atomic E-state index is 12.0. The van der Waals surface area contributed by atoms with Gasteiger partial charge in [0, 0.05) is 13.1 Å². The van der Waals surface area contributed by atoms with Gasteiger partial charge in [-0.05, 0) is 52.9 Å². The molecule has 0 radical (unpaired) electrons. The second-order valence-corrected chi connectivity index (χ2v) is 6.62. The molecule has 5 heteroatoms. The van der Waals surface area contributed by atoms with E-state index in [0.717, 1.165) is 32.1 Å². The van der Waals surface area contributed by atoms with E-state index in [-0.39, 0.29) is 11.7 Å². The van der Waals surface area contributed by atoms with Gasteiger partial charge in [0.2, 0.25) is 0 Å². The lowest BCUT2D eigenvalue weighted by atomic mass is 9.84. The summed E-state index contributed by atoms with van der Waals surface area (Å²) in [5.74, 6) is 0. The van der Waals surface area contributed by atoms with E-state index in [9.17, 15) is 9.90 Å². The summed E-state index contributed by atoms with van der Waals surface area (Å²) in [5, 5.41) is 9.63. The summed E-state index contributed by atoms with van der Waals surface area (Å²) < 4.78 is 11.1. The van der Waals surface area contributed by atoms with Gasteiger partial charge in [-0.15, -0.1) is 0 Å². The van der Waals surface area contributed by atoms with E-state index < -0.39 is 11.9 Å². The van der Waals surface area contributed by atoms with Gasteiger partial charge in [0.05, 0.1) is 5.60 Å². The molecule has 0 aromatic heterocycles. The number of carbonyl (C=O) groups excluding carboxylic acids is 1. The Bertz CT molecular complexity index is 329. The lowest BCUT2D eigenvalue weighted by molar-refractivity contribution is -0.226. The largest absolute Gasteiger partial charge is 0.444 e. The van der Waals surface area contributed by atoms with E-state index in [4.69, 9.17) is 9.47 Å². The number of amides is 1. The minimum absolute atomic E-state index is 0.226. The van der Waals surface area contributed by atoms with E-state index in [1.54, 1.807) is 4.90 Å². The smallest absolute Gasteiger partial charge is 0.410 e. The number of likely N-dealkylation sites (tertiary alicyclic amines) is 1. The molecule has 1 spiro atoms. The molecule has 0 aliphatic carbocycles. The zero-order valence-corrected chi connectivity index (χ0v) is 12.1. The fourth-order valence-corrected chi connectivity index (χ4v) is 2.80. The molecule has 5 nitrogen and oxygen atoms in total. The zero-order chi connectivity index (χ0) is 14.1. The first-order chi connectivity index (χ1) is 8.80. The summed E-state index contributed by atoms with van der Waals surface area (Å²) in [4.78, 5) is 13.7. The third kappa shape index (κ3) is 3.83. The van der Waals surface area contributed by atoms with Crippen LogP contribution in [0.2, 0.25) is 0 Å². The van der Waals surface area contributed by atoms with Crippen LogP contribution < -0.4 is 0 Å². The fourth-order valence-electron chi connectivity index (χ4n) is 2.80. The number of carbonyl (C=O) groups is 1. The van der Waals surface area contributed by atoms with Crippen molar-refractivity contribution < 1.29 is 19.4 Å². The second-order valence-electron chi connectivity index (χ2n) is 6.62. The molecule has 1 unspecified atom stereocenters. The number of aliphatic hydroxyl groups is 1. The van der Waals surface area contributed by atoms with Gasteiger partial charge in [0.25, 0.3) is 0 Å². The van der Waals surface area contributed by atoms with Crippen LogP contribution in [0.4, 0.5) is 4.79 Å². The summed E-state index contributed by atoms with van der Waals surface area (Å²) in [5.41, 5.74) is -0.681. The summed E-state index contributed by atoms with van der Waals surface area (Å²) >= 11 is 0. The highest BCUT2D eigenvalue weighted by molar-refractivity contribution is 5.68. The van der Waals surface area contributed by atoms with Crippen molar-refractivity contribution in [1.29, 1.82) is 0 Å². The Morgan fingerprint density at radius 2 is 1.95 bits per heavy atom. The molecule has 110 valence electrons. The third-order valence-corrected chi connectivity index (χ3v) is 3.80. The minimum Gasteiger partial charge on any atom is -0.444 e. The van der Waals surface area contributed by atoms with Gasteiger partial charge >= 0.3 is 6.09 Å². The SMILES string of the molecule is CC(C)(C)OC(=O)N1CCC2(CCCC(O)O2)CC1. The molecule has 2 fully saturated rings. The third-order valence-electron chi connectivity index (χ3n) is 3.80. The molecule has 19 heavy (non-hydrogen) atoms. The molecule has 0 aromatic carbocycles. The Morgan fingerprint density at radius 1 is 1.32 bits per heavy atom. The van der Waals surface area contributed by atoms with Gasteiger partial charge in [-0.2, -0.15) is 0 Å². The van der Waals surface area contributed by atoms with Crippen LogP contribution in [0.1, 0.15) is 52.9 Å². The number of piperidine rings is 1. The molecule has 0 aromatic rings. The molecule has 2 heterocycles. The Morgan fingerprint density at radius 3 is 2.47 bits per heavy atom. The van der Waals surface area contributed by atoms with Crippen molar-refractivity contribution in [1.82, 2.24) is 4.90 Å². The van der Waals surface area contributed by atoms with Crippen LogP contribution in [0, 0.1) is 0 Å². The molecular weight excluding hydrogens is 246 g/mol. The highest BCUT2D eigenvalue weighted by atomic mass is 16.6. The average molecular weight is 271 g/mol. The number of rotatable bonds is 0. The molecular formula is C14H25NO4. The first-order valence-electron chi connectivity index (χ1n) is 7.14. The number of hydrogen-bond acceptors (Lipinski definition) is 4. The standard InChI is InChI=1S/C14H25NO4/c1-13(2,3)19-12(17)15-9-7-14(8-10-15)6-4-5-11(16)18-14/h11,16H,4-10H2,1-3H3. The molecule has 2 aliphatic rings. The van der Waals surface area contributed by atoms with Gasteiger partial charge in [-0.3, -0.25) is 0 Å². The maximum atomic E-state index is 12.0. The second kappa shape index (κ2) is 5.29. The Hall–Kier alpha value is -0.810. The molecule has 1 amide bonds. The minimum atomic E-state index is -0.637. The normalized spacial score (nSPS) is 27.4. The van der Waals surface area contributed by atoms with E-state index in [1.165, 1.54) is 0 Å². The average Bonchev–Trinajstić information content (AvgIpc) is 2.27. The number of aliphatic hydroxyl groups excluding tert-OH is 1. The van der Waals surface area contributed by atoms with Crippen LogP contribution in [0.15, 0.2) is 0 Å². The summed E-state index contributed by atoms with van der Waals surface area (Å²) in [6, 6.07) is 0. The summed E-state index contributed by atoms with van der Waals surface area (Å²) in [7, 11) is 0. The van der Waals surface area contributed by atoms with Gasteiger partial charge < -0.3 is 19.5 Å². The quantitative estimate of drug-likeness (QED) is 0.734. The molecule has 0 saturated carbocycles. The highest BCUT2D eigenvalue weighted by Crippen LogP contribution is 2.36. The van der Waals surface area contributed by atoms with Crippen molar-refractivity contribution in [3.05, 3.63) is 0 Å². The summed E-state index contributed by atoms with van der Waals surface area (Å²) in [6.07, 6.45) is 3.37. The Kier molecular flexibility index (Phi) is 4.06. The predicted octanol–water partition coefficient (Wildman–Crippen LogP) is 2.28. The predicted molar refractivity (Wildman–Crippen MR) is 70.7 cm³/mol. The molecule has 2 aliphatic heterocycles. The lowest BCUT2D eigenvalue weighted by Gasteiger charge is -2.45. The summed E-state index contributed by atoms with van der Waals surface area (Å²) in [6.45, 7) is 6.90. The van der Waals surface area contributed by atoms with Crippen molar-refractivity contribution in [3.8, 4) is 0 Å². The molecule has 2 saturated heterocycles. The Labute approximate surface area is 114 Å².